The summed E-state index contributed by atoms with van der Waals surface area (Å²) in [7, 11) is 0. The van der Waals surface area contributed by atoms with Gasteiger partial charge in [-0.05, 0) is 36.4 Å². The smallest absolute Gasteiger partial charge is 0.271 e. The van der Waals surface area contributed by atoms with Gasteiger partial charge in [0.1, 0.15) is 12.4 Å². The summed E-state index contributed by atoms with van der Waals surface area (Å²) in [5.41, 5.74) is 5.42. The molecule has 112 valence electrons. The number of hydrazine groups is 1. The van der Waals surface area contributed by atoms with E-state index in [1.54, 1.807) is 48.7 Å². The molecule has 2 rings (SSSR count). The number of carbonyl (C=O) groups excluding carboxylic acids is 2. The van der Waals surface area contributed by atoms with E-state index in [2.05, 4.69) is 22.4 Å². The maximum atomic E-state index is 11.9. The number of pyridine rings is 1. The molecule has 6 heteroatoms. The van der Waals surface area contributed by atoms with Gasteiger partial charge in [-0.15, -0.1) is 0 Å². The van der Waals surface area contributed by atoms with Crippen LogP contribution in [0.1, 0.15) is 20.7 Å². The van der Waals surface area contributed by atoms with Crippen LogP contribution in [0.25, 0.3) is 0 Å². The van der Waals surface area contributed by atoms with E-state index in [-0.39, 0.29) is 0 Å². The maximum absolute atomic E-state index is 11.9. The average Bonchev–Trinajstić information content (AvgIpc) is 2.58. The van der Waals surface area contributed by atoms with Gasteiger partial charge in [-0.1, -0.05) is 12.7 Å². The number of aromatic nitrogens is 1. The molecule has 22 heavy (non-hydrogen) atoms. The number of amides is 2. The Morgan fingerprint density at radius 2 is 1.77 bits per heavy atom. The highest BCUT2D eigenvalue weighted by atomic mass is 16.5. The van der Waals surface area contributed by atoms with Crippen molar-refractivity contribution in [3.05, 3.63) is 72.6 Å². The van der Waals surface area contributed by atoms with Crippen LogP contribution in [0.15, 0.2) is 61.4 Å². The summed E-state index contributed by atoms with van der Waals surface area (Å²) in [6, 6.07) is 9.77. The van der Waals surface area contributed by atoms with Crippen molar-refractivity contribution < 1.29 is 14.3 Å². The van der Waals surface area contributed by atoms with E-state index in [4.69, 9.17) is 4.74 Å². The number of rotatable bonds is 5. The molecule has 2 amide bonds. The fourth-order valence-electron chi connectivity index (χ4n) is 1.61. The summed E-state index contributed by atoms with van der Waals surface area (Å²) in [5, 5.41) is 0. The zero-order valence-corrected chi connectivity index (χ0v) is 11.8. The molecule has 0 aliphatic heterocycles. The third-order valence-electron chi connectivity index (χ3n) is 2.70. The van der Waals surface area contributed by atoms with Crippen LogP contribution in [0, 0.1) is 0 Å². The summed E-state index contributed by atoms with van der Waals surface area (Å²) < 4.78 is 5.32. The third-order valence-corrected chi connectivity index (χ3v) is 2.70. The quantitative estimate of drug-likeness (QED) is 0.650. The Bertz CT molecular complexity index is 654. The van der Waals surface area contributed by atoms with E-state index in [1.807, 2.05) is 0 Å². The lowest BCUT2D eigenvalue weighted by atomic mass is 10.2. The molecule has 2 aromatic rings. The molecular weight excluding hydrogens is 282 g/mol. The van der Waals surface area contributed by atoms with Crippen LogP contribution in [0.5, 0.6) is 5.75 Å². The monoisotopic (exact) mass is 297 g/mol. The number of nitrogens with one attached hydrogen (secondary N) is 2. The van der Waals surface area contributed by atoms with Gasteiger partial charge in [-0.3, -0.25) is 25.4 Å². The van der Waals surface area contributed by atoms with Gasteiger partial charge in [-0.2, -0.15) is 0 Å². The average molecular weight is 297 g/mol. The van der Waals surface area contributed by atoms with Crippen molar-refractivity contribution in [1.29, 1.82) is 0 Å². The molecule has 0 fully saturated rings. The van der Waals surface area contributed by atoms with E-state index >= 15 is 0 Å². The van der Waals surface area contributed by atoms with Crippen LogP contribution < -0.4 is 15.6 Å². The van der Waals surface area contributed by atoms with E-state index in [0.717, 1.165) is 0 Å². The van der Waals surface area contributed by atoms with Crippen molar-refractivity contribution in [3.63, 3.8) is 0 Å². The highest BCUT2D eigenvalue weighted by molar-refractivity contribution is 5.98. The maximum Gasteiger partial charge on any atom is 0.271 e. The Morgan fingerprint density at radius 1 is 1.09 bits per heavy atom. The first kappa shape index (κ1) is 15.2. The predicted molar refractivity (Wildman–Crippen MR) is 81.3 cm³/mol. The Labute approximate surface area is 127 Å². The minimum atomic E-state index is -0.438. The molecule has 1 aromatic carbocycles. The Hall–Kier alpha value is -3.15. The number of carbonyl (C=O) groups is 2. The Kier molecular flexibility index (Phi) is 5.25. The Morgan fingerprint density at radius 3 is 2.36 bits per heavy atom. The molecule has 2 N–H and O–H groups in total. The molecule has 6 nitrogen and oxygen atoms in total. The molecular formula is C16H15N3O3. The predicted octanol–water partition coefficient (Wildman–Crippen LogP) is 1.72. The molecule has 0 spiro atoms. The Balaban J connectivity index is 1.89. The van der Waals surface area contributed by atoms with Gasteiger partial charge in [0.2, 0.25) is 0 Å². The number of hydrogen-bond acceptors (Lipinski definition) is 4. The highest BCUT2D eigenvalue weighted by Crippen LogP contribution is 2.11. The molecule has 0 unspecified atom stereocenters. The fraction of sp³-hybridized carbons (Fsp3) is 0.0625. The summed E-state index contributed by atoms with van der Waals surface area (Å²) in [6.07, 6.45) is 4.60. The minimum Gasteiger partial charge on any atom is -0.490 e. The zero-order chi connectivity index (χ0) is 15.8. The lowest BCUT2D eigenvalue weighted by molar-refractivity contribution is 0.0846. The largest absolute Gasteiger partial charge is 0.490 e. The third kappa shape index (κ3) is 4.17. The van der Waals surface area contributed by atoms with E-state index in [9.17, 15) is 9.59 Å². The molecule has 0 radical (unpaired) electrons. The second-order valence-electron chi connectivity index (χ2n) is 4.27. The molecule has 0 saturated heterocycles. The van der Waals surface area contributed by atoms with Crippen LogP contribution in [0.3, 0.4) is 0 Å². The van der Waals surface area contributed by atoms with Gasteiger partial charge >= 0.3 is 0 Å². The SMILES string of the molecule is C=CCOc1ccc(C(=O)NNC(=O)c2cccnc2)cc1. The van der Waals surface area contributed by atoms with Crippen LogP contribution in [0.4, 0.5) is 0 Å². The standard InChI is InChI=1S/C16H15N3O3/c1-2-10-22-14-7-5-12(6-8-14)15(20)18-19-16(21)13-4-3-9-17-11-13/h2-9,11H,1,10H2,(H,18,20)(H,19,21). The topological polar surface area (TPSA) is 80.3 Å². The lowest BCUT2D eigenvalue weighted by Gasteiger charge is -2.08. The van der Waals surface area contributed by atoms with Crippen molar-refractivity contribution >= 4 is 11.8 Å². The van der Waals surface area contributed by atoms with Gasteiger partial charge in [-0.25, -0.2) is 0 Å². The van der Waals surface area contributed by atoms with Crippen LogP contribution in [0.2, 0.25) is 0 Å². The van der Waals surface area contributed by atoms with Crippen LogP contribution in [-0.2, 0) is 0 Å². The van der Waals surface area contributed by atoms with Crippen molar-refractivity contribution in [3.8, 4) is 5.75 Å². The van der Waals surface area contributed by atoms with E-state index < -0.39 is 11.8 Å². The van der Waals surface area contributed by atoms with Gasteiger partial charge < -0.3 is 4.74 Å². The first-order valence-electron chi connectivity index (χ1n) is 6.55. The van der Waals surface area contributed by atoms with Gasteiger partial charge in [0.25, 0.3) is 11.8 Å². The lowest BCUT2D eigenvalue weighted by Crippen LogP contribution is -2.41. The number of benzene rings is 1. The molecule has 0 bridgehead atoms. The summed E-state index contributed by atoms with van der Waals surface area (Å²) in [5.74, 6) is -0.226. The van der Waals surface area contributed by atoms with Crippen LogP contribution in [-0.4, -0.2) is 23.4 Å². The number of hydrogen-bond donors (Lipinski definition) is 2. The summed E-state index contributed by atoms with van der Waals surface area (Å²) in [4.78, 5) is 27.5. The summed E-state index contributed by atoms with van der Waals surface area (Å²) in [6.45, 7) is 3.95. The van der Waals surface area contributed by atoms with Crippen molar-refractivity contribution in [2.24, 2.45) is 0 Å². The zero-order valence-electron chi connectivity index (χ0n) is 11.8. The number of ether oxygens (including phenoxy) is 1. The van der Waals surface area contributed by atoms with Crippen molar-refractivity contribution in [2.75, 3.05) is 6.61 Å². The van der Waals surface area contributed by atoms with Gasteiger partial charge in [0, 0.05) is 18.0 Å². The second-order valence-corrected chi connectivity index (χ2v) is 4.27. The van der Waals surface area contributed by atoms with Crippen molar-refractivity contribution in [1.82, 2.24) is 15.8 Å². The normalized spacial score (nSPS) is 9.64. The van der Waals surface area contributed by atoms with Crippen LogP contribution >= 0.6 is 0 Å². The molecule has 0 aliphatic carbocycles. The molecule has 0 atom stereocenters. The highest BCUT2D eigenvalue weighted by Gasteiger charge is 2.09. The molecule has 0 saturated carbocycles. The van der Waals surface area contributed by atoms with Gasteiger partial charge in [0.05, 0.1) is 5.56 Å². The minimum absolute atomic E-state index is 0.357. The molecule has 1 aromatic heterocycles. The van der Waals surface area contributed by atoms with Gasteiger partial charge in [0.15, 0.2) is 0 Å². The first-order valence-corrected chi connectivity index (χ1v) is 6.55. The van der Waals surface area contributed by atoms with Crippen molar-refractivity contribution in [2.45, 2.75) is 0 Å². The molecule has 0 aliphatic rings. The summed E-state index contributed by atoms with van der Waals surface area (Å²) >= 11 is 0. The number of nitrogens with zero attached hydrogens (tertiary/aromatic N) is 1. The van der Waals surface area contributed by atoms with E-state index in [1.165, 1.54) is 6.20 Å². The van der Waals surface area contributed by atoms with E-state index in [0.29, 0.717) is 23.5 Å². The fourth-order valence-corrected chi connectivity index (χ4v) is 1.61. The molecule has 1 heterocycles. The first-order chi connectivity index (χ1) is 10.7. The second kappa shape index (κ2) is 7.58.